The second kappa shape index (κ2) is 7.81. The molecule has 0 radical (unpaired) electrons. The van der Waals surface area contributed by atoms with E-state index < -0.39 is 10.0 Å². The second-order valence-corrected chi connectivity index (χ2v) is 8.40. The Kier molecular flexibility index (Phi) is 5.69. The predicted octanol–water partition coefficient (Wildman–Crippen LogP) is 1.04. The first-order valence-electron chi connectivity index (χ1n) is 8.81. The molecule has 1 aromatic carbocycles. The molecule has 2 aliphatic rings. The van der Waals surface area contributed by atoms with Crippen LogP contribution < -0.4 is 20.1 Å². The Morgan fingerprint density at radius 3 is 2.73 bits per heavy atom. The van der Waals surface area contributed by atoms with Gasteiger partial charge in [-0.05, 0) is 31.8 Å². The van der Waals surface area contributed by atoms with E-state index in [0.29, 0.717) is 30.4 Å². The third-order valence-electron chi connectivity index (χ3n) is 4.77. The third-order valence-corrected chi connectivity index (χ3v) is 6.69. The lowest BCUT2D eigenvalue weighted by atomic mass is 9.98. The van der Waals surface area contributed by atoms with E-state index >= 15 is 0 Å². The zero-order valence-electron chi connectivity index (χ0n) is 15.1. The summed E-state index contributed by atoms with van der Waals surface area (Å²) < 4.78 is 38.4. The van der Waals surface area contributed by atoms with Crippen LogP contribution in [0.4, 0.5) is 5.69 Å². The Balaban J connectivity index is 1.82. The van der Waals surface area contributed by atoms with Crippen LogP contribution in [0.25, 0.3) is 0 Å². The van der Waals surface area contributed by atoms with Gasteiger partial charge in [-0.2, -0.15) is 4.31 Å². The molecule has 3 rings (SSSR count). The van der Waals surface area contributed by atoms with Gasteiger partial charge in [-0.1, -0.05) is 6.92 Å². The van der Waals surface area contributed by atoms with E-state index in [4.69, 9.17) is 9.47 Å². The van der Waals surface area contributed by atoms with E-state index in [9.17, 15) is 13.2 Å². The zero-order valence-corrected chi connectivity index (χ0v) is 15.9. The highest BCUT2D eigenvalue weighted by molar-refractivity contribution is 7.89. The van der Waals surface area contributed by atoms with Crippen molar-refractivity contribution in [3.05, 3.63) is 12.1 Å². The highest BCUT2D eigenvalue weighted by Crippen LogP contribution is 2.39. The van der Waals surface area contributed by atoms with Gasteiger partial charge in [0, 0.05) is 25.2 Å². The minimum absolute atomic E-state index is 0.0695. The van der Waals surface area contributed by atoms with Crippen LogP contribution in [-0.2, 0) is 14.8 Å². The molecule has 1 aromatic rings. The first-order chi connectivity index (χ1) is 12.5. The molecule has 9 heteroatoms. The molecule has 0 saturated carbocycles. The van der Waals surface area contributed by atoms with E-state index in [1.807, 2.05) is 0 Å². The summed E-state index contributed by atoms with van der Waals surface area (Å²) in [4.78, 5) is 11.5. The fraction of sp³-hybridized carbons (Fsp3) is 0.588. The molecule has 2 heterocycles. The van der Waals surface area contributed by atoms with Gasteiger partial charge < -0.3 is 20.1 Å². The fourth-order valence-corrected chi connectivity index (χ4v) is 4.91. The lowest BCUT2D eigenvalue weighted by Gasteiger charge is -2.32. The summed E-state index contributed by atoms with van der Waals surface area (Å²) in [5, 5.41) is 5.98. The number of hydrogen-bond donors (Lipinski definition) is 2. The van der Waals surface area contributed by atoms with E-state index in [2.05, 4.69) is 17.6 Å². The monoisotopic (exact) mass is 383 g/mol. The second-order valence-electron chi connectivity index (χ2n) is 6.49. The van der Waals surface area contributed by atoms with E-state index in [1.54, 1.807) is 0 Å². The van der Waals surface area contributed by atoms with Gasteiger partial charge in [0.1, 0.15) is 16.4 Å². The zero-order chi connectivity index (χ0) is 18.7. The van der Waals surface area contributed by atoms with Crippen LogP contribution in [0.2, 0.25) is 0 Å². The number of fused-ring (bicyclic) bond motifs is 1. The first-order valence-corrected chi connectivity index (χ1v) is 10.2. The summed E-state index contributed by atoms with van der Waals surface area (Å²) in [6, 6.07) is 2.94. The summed E-state index contributed by atoms with van der Waals surface area (Å²) in [5.41, 5.74) is 0.418. The maximum absolute atomic E-state index is 13.1. The van der Waals surface area contributed by atoms with Crippen molar-refractivity contribution in [2.75, 3.05) is 45.2 Å². The Morgan fingerprint density at radius 1 is 1.35 bits per heavy atom. The van der Waals surface area contributed by atoms with Crippen molar-refractivity contribution >= 4 is 21.6 Å². The molecule has 144 valence electrons. The van der Waals surface area contributed by atoms with E-state index in [-0.39, 0.29) is 23.2 Å². The first kappa shape index (κ1) is 18.9. The Labute approximate surface area is 153 Å². The molecule has 0 unspecified atom stereocenters. The van der Waals surface area contributed by atoms with Crippen LogP contribution in [0.3, 0.4) is 0 Å². The molecule has 0 bridgehead atoms. The molecular formula is C17H25N3O5S. The van der Waals surface area contributed by atoms with E-state index in [1.165, 1.54) is 23.5 Å². The Bertz CT molecular complexity index is 773. The van der Waals surface area contributed by atoms with Crippen LogP contribution in [0.5, 0.6) is 11.5 Å². The summed E-state index contributed by atoms with van der Waals surface area (Å²) in [6.45, 7) is 4.73. The Morgan fingerprint density at radius 2 is 2.08 bits per heavy atom. The molecule has 2 N–H and O–H groups in total. The number of anilines is 1. The number of nitrogens with zero attached hydrogens (tertiary/aromatic N) is 1. The largest absolute Gasteiger partial charge is 0.495 e. The van der Waals surface area contributed by atoms with E-state index in [0.717, 1.165) is 25.9 Å². The van der Waals surface area contributed by atoms with Crippen LogP contribution in [-0.4, -0.2) is 58.5 Å². The maximum Gasteiger partial charge on any atom is 0.262 e. The lowest BCUT2D eigenvalue weighted by Crippen LogP contribution is -2.40. The van der Waals surface area contributed by atoms with Crippen molar-refractivity contribution < 1.29 is 22.7 Å². The van der Waals surface area contributed by atoms with Crippen LogP contribution in [0, 0.1) is 5.92 Å². The number of carbonyl (C=O) groups is 1. The van der Waals surface area contributed by atoms with Gasteiger partial charge in [-0.3, -0.25) is 4.79 Å². The van der Waals surface area contributed by atoms with Gasteiger partial charge >= 0.3 is 0 Å². The third kappa shape index (κ3) is 3.79. The normalized spacial score (nSPS) is 18.8. The number of methoxy groups -OCH3 is 1. The Hall–Kier alpha value is -1.84. The highest BCUT2D eigenvalue weighted by atomic mass is 32.2. The summed E-state index contributed by atoms with van der Waals surface area (Å²) in [7, 11) is -2.29. The van der Waals surface area contributed by atoms with Crippen molar-refractivity contribution in [2.24, 2.45) is 5.92 Å². The fourth-order valence-electron chi connectivity index (χ4n) is 3.29. The number of hydrogen-bond acceptors (Lipinski definition) is 6. The van der Waals surface area contributed by atoms with Crippen molar-refractivity contribution in [2.45, 2.75) is 24.7 Å². The van der Waals surface area contributed by atoms with Crippen LogP contribution in [0.1, 0.15) is 19.8 Å². The predicted molar refractivity (Wildman–Crippen MR) is 97.1 cm³/mol. The SMILES string of the molecule is CCNCC1CCN(S(=O)(=O)c2cc3c(cc2OC)NC(=O)CO3)CC1. The molecular weight excluding hydrogens is 358 g/mol. The average Bonchev–Trinajstić information content (AvgIpc) is 2.65. The lowest BCUT2D eigenvalue weighted by molar-refractivity contribution is -0.118. The molecule has 8 nitrogen and oxygen atoms in total. The highest BCUT2D eigenvalue weighted by Gasteiger charge is 2.33. The van der Waals surface area contributed by atoms with Crippen molar-refractivity contribution in [3.8, 4) is 11.5 Å². The van der Waals surface area contributed by atoms with Crippen LogP contribution >= 0.6 is 0 Å². The number of rotatable bonds is 6. The van der Waals surface area contributed by atoms with Crippen LogP contribution in [0.15, 0.2) is 17.0 Å². The van der Waals surface area contributed by atoms with Gasteiger partial charge in [0.05, 0.1) is 12.8 Å². The molecule has 1 fully saturated rings. The van der Waals surface area contributed by atoms with Gasteiger partial charge in [0.15, 0.2) is 6.61 Å². The average molecular weight is 383 g/mol. The minimum atomic E-state index is -3.70. The molecule has 1 amide bonds. The number of piperidine rings is 1. The summed E-state index contributed by atoms with van der Waals surface area (Å²) >= 11 is 0. The number of benzene rings is 1. The summed E-state index contributed by atoms with van der Waals surface area (Å²) in [6.07, 6.45) is 1.65. The molecule has 0 atom stereocenters. The number of amides is 1. The topological polar surface area (TPSA) is 97.0 Å². The van der Waals surface area contributed by atoms with Crippen molar-refractivity contribution in [3.63, 3.8) is 0 Å². The molecule has 26 heavy (non-hydrogen) atoms. The molecule has 1 saturated heterocycles. The van der Waals surface area contributed by atoms with Crippen molar-refractivity contribution in [1.29, 1.82) is 0 Å². The minimum Gasteiger partial charge on any atom is -0.495 e. The summed E-state index contributed by atoms with van der Waals surface area (Å²) in [5.74, 6) is 0.749. The van der Waals surface area contributed by atoms with Gasteiger partial charge in [-0.25, -0.2) is 8.42 Å². The molecule has 2 aliphatic heterocycles. The van der Waals surface area contributed by atoms with Gasteiger partial charge in [-0.15, -0.1) is 0 Å². The molecule has 0 spiro atoms. The number of nitrogens with one attached hydrogen (secondary N) is 2. The quantitative estimate of drug-likeness (QED) is 0.762. The number of ether oxygens (including phenoxy) is 2. The molecule has 0 aliphatic carbocycles. The van der Waals surface area contributed by atoms with Gasteiger partial charge in [0.2, 0.25) is 10.0 Å². The number of carbonyl (C=O) groups excluding carboxylic acids is 1. The van der Waals surface area contributed by atoms with Gasteiger partial charge in [0.25, 0.3) is 5.91 Å². The molecule has 0 aromatic heterocycles. The van der Waals surface area contributed by atoms with Crippen molar-refractivity contribution in [1.82, 2.24) is 9.62 Å². The smallest absolute Gasteiger partial charge is 0.262 e. The number of sulfonamides is 1. The standard InChI is InChI=1S/C17H25N3O5S/c1-3-18-10-12-4-6-20(7-5-12)26(22,23)16-9-14-13(8-15(16)24-2)19-17(21)11-25-14/h8-9,12,18H,3-7,10-11H2,1-2H3,(H,19,21). The maximum atomic E-state index is 13.1.